The van der Waals surface area contributed by atoms with Crippen LogP contribution in [-0.4, -0.2) is 54.5 Å². The summed E-state index contributed by atoms with van der Waals surface area (Å²) in [5, 5.41) is 0. The first-order valence-corrected chi connectivity index (χ1v) is 8.11. The van der Waals surface area contributed by atoms with Gasteiger partial charge in [0.15, 0.2) is 0 Å². The first-order valence-electron chi connectivity index (χ1n) is 8.11. The second-order valence-corrected chi connectivity index (χ2v) is 6.71. The molecular formula is C16H33N3O. The SMILES string of the molecule is CC[C@H](C)[C@H](N)C(=O)N1CCC(CN(C)C(C)C)CC1. The van der Waals surface area contributed by atoms with Crippen molar-refractivity contribution in [3.05, 3.63) is 0 Å². The summed E-state index contributed by atoms with van der Waals surface area (Å²) in [5.74, 6) is 1.13. The van der Waals surface area contributed by atoms with Gasteiger partial charge in [-0.3, -0.25) is 4.79 Å². The maximum Gasteiger partial charge on any atom is 0.239 e. The number of nitrogens with two attached hydrogens (primary N) is 1. The minimum absolute atomic E-state index is 0.148. The number of rotatable bonds is 6. The standard InChI is InChI=1S/C16H33N3O/c1-6-13(4)15(17)16(20)19-9-7-14(8-10-19)11-18(5)12(2)3/h12-15H,6-11,17H2,1-5H3/t13-,15-/m0/s1. The van der Waals surface area contributed by atoms with Crippen LogP contribution in [-0.2, 0) is 4.79 Å². The van der Waals surface area contributed by atoms with Crippen LogP contribution in [0.4, 0.5) is 0 Å². The predicted molar refractivity (Wildman–Crippen MR) is 84.5 cm³/mol. The molecule has 0 aromatic carbocycles. The van der Waals surface area contributed by atoms with Gasteiger partial charge in [0.25, 0.3) is 0 Å². The highest BCUT2D eigenvalue weighted by Gasteiger charge is 2.28. The highest BCUT2D eigenvalue weighted by molar-refractivity contribution is 5.82. The Labute approximate surface area is 124 Å². The lowest BCUT2D eigenvalue weighted by Gasteiger charge is -2.36. The molecule has 1 aliphatic rings. The van der Waals surface area contributed by atoms with E-state index in [-0.39, 0.29) is 17.9 Å². The number of hydrogen-bond donors (Lipinski definition) is 1. The van der Waals surface area contributed by atoms with Crippen molar-refractivity contribution in [2.45, 2.75) is 59.0 Å². The van der Waals surface area contributed by atoms with E-state index in [9.17, 15) is 4.79 Å². The summed E-state index contributed by atoms with van der Waals surface area (Å²) in [4.78, 5) is 16.7. The number of piperidine rings is 1. The lowest BCUT2D eigenvalue weighted by atomic mass is 9.93. The minimum Gasteiger partial charge on any atom is -0.341 e. The van der Waals surface area contributed by atoms with Crippen molar-refractivity contribution in [3.63, 3.8) is 0 Å². The molecule has 2 N–H and O–H groups in total. The van der Waals surface area contributed by atoms with Crippen molar-refractivity contribution >= 4 is 5.91 Å². The van der Waals surface area contributed by atoms with E-state index >= 15 is 0 Å². The smallest absolute Gasteiger partial charge is 0.239 e. The molecule has 0 bridgehead atoms. The van der Waals surface area contributed by atoms with E-state index in [1.54, 1.807) is 0 Å². The molecule has 1 heterocycles. The second kappa shape index (κ2) is 7.99. The molecular weight excluding hydrogens is 250 g/mol. The fraction of sp³-hybridized carbons (Fsp3) is 0.938. The third-order valence-corrected chi connectivity index (χ3v) is 4.90. The molecule has 1 fully saturated rings. The predicted octanol–water partition coefficient (Wildman–Crippen LogP) is 1.94. The van der Waals surface area contributed by atoms with Gasteiger partial charge in [0, 0.05) is 25.7 Å². The molecule has 0 aromatic rings. The van der Waals surface area contributed by atoms with Gasteiger partial charge in [-0.05, 0) is 45.6 Å². The Morgan fingerprint density at radius 3 is 2.30 bits per heavy atom. The molecule has 118 valence electrons. The Hall–Kier alpha value is -0.610. The monoisotopic (exact) mass is 283 g/mol. The number of nitrogens with zero attached hydrogens (tertiary/aromatic N) is 2. The zero-order valence-corrected chi connectivity index (χ0v) is 13.9. The molecule has 0 spiro atoms. The van der Waals surface area contributed by atoms with Crippen molar-refractivity contribution in [3.8, 4) is 0 Å². The maximum absolute atomic E-state index is 12.3. The number of carbonyl (C=O) groups is 1. The van der Waals surface area contributed by atoms with Crippen LogP contribution in [0.3, 0.4) is 0 Å². The van der Waals surface area contributed by atoms with Gasteiger partial charge in [0.2, 0.25) is 5.91 Å². The average Bonchev–Trinajstić information content (AvgIpc) is 2.45. The molecule has 0 aliphatic carbocycles. The summed E-state index contributed by atoms with van der Waals surface area (Å²) < 4.78 is 0. The van der Waals surface area contributed by atoms with Gasteiger partial charge in [0.05, 0.1) is 6.04 Å². The summed E-state index contributed by atoms with van der Waals surface area (Å²) in [5.41, 5.74) is 6.06. The van der Waals surface area contributed by atoms with Gasteiger partial charge in [-0.1, -0.05) is 20.3 Å². The third kappa shape index (κ3) is 4.74. The van der Waals surface area contributed by atoms with E-state index in [0.29, 0.717) is 12.0 Å². The zero-order chi connectivity index (χ0) is 15.3. The largest absolute Gasteiger partial charge is 0.341 e. The summed E-state index contributed by atoms with van der Waals surface area (Å²) in [6, 6.07) is 0.267. The van der Waals surface area contributed by atoms with Crippen LogP contribution in [0.15, 0.2) is 0 Å². The van der Waals surface area contributed by atoms with Crippen molar-refractivity contribution in [2.75, 3.05) is 26.7 Å². The molecule has 4 heteroatoms. The molecule has 4 nitrogen and oxygen atoms in total. The molecule has 0 saturated carbocycles. The Morgan fingerprint density at radius 1 is 1.30 bits per heavy atom. The van der Waals surface area contributed by atoms with Gasteiger partial charge in [-0.15, -0.1) is 0 Å². The van der Waals surface area contributed by atoms with Gasteiger partial charge < -0.3 is 15.5 Å². The highest BCUT2D eigenvalue weighted by atomic mass is 16.2. The van der Waals surface area contributed by atoms with Crippen molar-refractivity contribution in [1.29, 1.82) is 0 Å². The van der Waals surface area contributed by atoms with Crippen LogP contribution in [0.1, 0.15) is 47.0 Å². The molecule has 0 unspecified atom stereocenters. The van der Waals surface area contributed by atoms with Crippen LogP contribution in [0, 0.1) is 11.8 Å². The minimum atomic E-state index is -0.324. The quantitative estimate of drug-likeness (QED) is 0.810. The Kier molecular flexibility index (Phi) is 6.96. The first kappa shape index (κ1) is 17.4. The summed E-state index contributed by atoms with van der Waals surface area (Å²) in [6.45, 7) is 11.5. The summed E-state index contributed by atoms with van der Waals surface area (Å²) in [6.07, 6.45) is 3.18. The van der Waals surface area contributed by atoms with Gasteiger partial charge in [0.1, 0.15) is 0 Å². The molecule has 0 radical (unpaired) electrons. The van der Waals surface area contributed by atoms with E-state index in [4.69, 9.17) is 5.73 Å². The molecule has 0 aromatic heterocycles. The number of carbonyl (C=O) groups excluding carboxylic acids is 1. The molecule has 1 rings (SSSR count). The lowest BCUT2D eigenvalue weighted by Crippen LogP contribution is -2.50. The molecule has 2 atom stereocenters. The van der Waals surface area contributed by atoms with Gasteiger partial charge in [-0.2, -0.15) is 0 Å². The maximum atomic E-state index is 12.3. The van der Waals surface area contributed by atoms with Gasteiger partial charge in [-0.25, -0.2) is 0 Å². The zero-order valence-electron chi connectivity index (χ0n) is 13.9. The van der Waals surface area contributed by atoms with Gasteiger partial charge >= 0.3 is 0 Å². The van der Waals surface area contributed by atoms with Crippen LogP contribution in [0.25, 0.3) is 0 Å². The van der Waals surface area contributed by atoms with E-state index in [1.165, 1.54) is 0 Å². The highest BCUT2D eigenvalue weighted by Crippen LogP contribution is 2.20. The normalized spacial score (nSPS) is 20.5. The van der Waals surface area contributed by atoms with Crippen molar-refractivity contribution < 1.29 is 4.79 Å². The van der Waals surface area contributed by atoms with E-state index in [2.05, 4.69) is 39.6 Å². The second-order valence-electron chi connectivity index (χ2n) is 6.71. The van der Waals surface area contributed by atoms with Crippen LogP contribution in [0.2, 0.25) is 0 Å². The number of likely N-dealkylation sites (tertiary alicyclic amines) is 1. The van der Waals surface area contributed by atoms with E-state index < -0.39 is 0 Å². The Balaban J connectivity index is 2.40. The molecule has 1 aliphatic heterocycles. The van der Waals surface area contributed by atoms with Crippen molar-refractivity contribution in [1.82, 2.24) is 9.80 Å². The fourth-order valence-corrected chi connectivity index (χ4v) is 2.66. The van der Waals surface area contributed by atoms with E-state index in [0.717, 1.165) is 38.9 Å². The lowest BCUT2D eigenvalue weighted by molar-refractivity contribution is -0.135. The first-order chi connectivity index (χ1) is 9.36. The van der Waals surface area contributed by atoms with E-state index in [1.807, 2.05) is 4.90 Å². The van der Waals surface area contributed by atoms with Crippen LogP contribution >= 0.6 is 0 Å². The molecule has 20 heavy (non-hydrogen) atoms. The number of hydrogen-bond acceptors (Lipinski definition) is 3. The van der Waals surface area contributed by atoms with Crippen LogP contribution in [0.5, 0.6) is 0 Å². The fourth-order valence-electron chi connectivity index (χ4n) is 2.66. The molecule has 1 saturated heterocycles. The Bertz CT molecular complexity index is 298. The Morgan fingerprint density at radius 2 is 1.85 bits per heavy atom. The van der Waals surface area contributed by atoms with Crippen molar-refractivity contribution in [2.24, 2.45) is 17.6 Å². The number of amides is 1. The summed E-state index contributed by atoms with van der Waals surface area (Å²) in [7, 11) is 2.18. The van der Waals surface area contributed by atoms with Crippen LogP contribution < -0.4 is 5.73 Å². The summed E-state index contributed by atoms with van der Waals surface area (Å²) >= 11 is 0. The average molecular weight is 283 g/mol. The topological polar surface area (TPSA) is 49.6 Å². The third-order valence-electron chi connectivity index (χ3n) is 4.90. The molecule has 1 amide bonds.